The lowest BCUT2D eigenvalue weighted by Gasteiger charge is -2.10. The fraction of sp³-hybridized carbons (Fsp3) is 0.105. The average molecular weight is 382 g/mol. The van der Waals surface area contributed by atoms with Crippen LogP contribution < -0.4 is 5.32 Å². The summed E-state index contributed by atoms with van der Waals surface area (Å²) in [6.45, 7) is 1.69. The number of para-hydroxylation sites is 2. The van der Waals surface area contributed by atoms with Crippen LogP contribution in [0.5, 0.6) is 0 Å². The van der Waals surface area contributed by atoms with E-state index in [4.69, 9.17) is 4.42 Å². The number of hydrogen-bond donors (Lipinski definition) is 2. The van der Waals surface area contributed by atoms with Crippen molar-refractivity contribution < 1.29 is 13.6 Å². The zero-order valence-electron chi connectivity index (χ0n) is 14.3. The van der Waals surface area contributed by atoms with Crippen LogP contribution in [0.4, 0.5) is 10.1 Å². The maximum Gasteiger partial charge on any atom is 0.277 e. The van der Waals surface area contributed by atoms with Gasteiger partial charge >= 0.3 is 0 Å². The molecule has 136 valence electrons. The van der Waals surface area contributed by atoms with Gasteiger partial charge in [-0.25, -0.2) is 4.39 Å². The van der Waals surface area contributed by atoms with Gasteiger partial charge in [0.1, 0.15) is 5.82 Å². The Morgan fingerprint density at radius 3 is 2.81 bits per heavy atom. The number of halogens is 1. The Bertz CT molecular complexity index is 1110. The standard InChI is InChI=1S/C19H15FN4O2S/c1-11(17(25)22-16-9-5-3-7-14(16)20)27-19-24-23-18(26-19)13-10-21-15-8-4-2-6-12(13)15/h2-11,21H,1H3,(H,22,25). The molecular formula is C19H15FN4O2S. The summed E-state index contributed by atoms with van der Waals surface area (Å²) >= 11 is 1.12. The molecule has 27 heavy (non-hydrogen) atoms. The molecule has 0 aliphatic carbocycles. The molecule has 0 spiro atoms. The molecule has 4 aromatic rings. The summed E-state index contributed by atoms with van der Waals surface area (Å²) in [5, 5.41) is 11.3. The lowest BCUT2D eigenvalue weighted by atomic mass is 10.2. The number of nitrogens with zero attached hydrogens (tertiary/aromatic N) is 2. The molecule has 4 rings (SSSR count). The van der Waals surface area contributed by atoms with Crippen LogP contribution in [-0.4, -0.2) is 26.3 Å². The van der Waals surface area contributed by atoms with Gasteiger partial charge in [-0.15, -0.1) is 10.2 Å². The molecule has 0 bridgehead atoms. The van der Waals surface area contributed by atoms with Crippen LogP contribution in [0.25, 0.3) is 22.4 Å². The molecule has 0 aliphatic rings. The van der Waals surface area contributed by atoms with Crippen molar-refractivity contribution in [3.8, 4) is 11.5 Å². The van der Waals surface area contributed by atoms with E-state index >= 15 is 0 Å². The topological polar surface area (TPSA) is 83.8 Å². The number of thioether (sulfide) groups is 1. The molecule has 2 aromatic carbocycles. The smallest absolute Gasteiger partial charge is 0.277 e. The van der Waals surface area contributed by atoms with Crippen molar-refractivity contribution in [3.63, 3.8) is 0 Å². The van der Waals surface area contributed by atoms with Crippen LogP contribution in [0, 0.1) is 5.82 Å². The highest BCUT2D eigenvalue weighted by molar-refractivity contribution is 8.00. The van der Waals surface area contributed by atoms with Crippen molar-refractivity contribution in [2.24, 2.45) is 0 Å². The van der Waals surface area contributed by atoms with E-state index in [0.29, 0.717) is 5.89 Å². The fourth-order valence-corrected chi connectivity index (χ4v) is 3.30. The Hall–Kier alpha value is -3.13. The number of amides is 1. The minimum absolute atomic E-state index is 0.139. The van der Waals surface area contributed by atoms with Gasteiger partial charge in [0, 0.05) is 17.1 Å². The van der Waals surface area contributed by atoms with E-state index < -0.39 is 11.1 Å². The summed E-state index contributed by atoms with van der Waals surface area (Å²) in [6.07, 6.45) is 1.81. The highest BCUT2D eigenvalue weighted by Gasteiger charge is 2.20. The molecule has 2 heterocycles. The maximum absolute atomic E-state index is 13.7. The van der Waals surface area contributed by atoms with E-state index in [9.17, 15) is 9.18 Å². The average Bonchev–Trinajstić information content (AvgIpc) is 3.30. The Morgan fingerprint density at radius 2 is 1.96 bits per heavy atom. The van der Waals surface area contributed by atoms with Gasteiger partial charge in [0.2, 0.25) is 5.91 Å². The second kappa shape index (κ2) is 7.24. The Balaban J connectivity index is 1.47. The summed E-state index contributed by atoms with van der Waals surface area (Å²) < 4.78 is 19.4. The number of carbonyl (C=O) groups is 1. The van der Waals surface area contributed by atoms with Crippen LogP contribution in [0.15, 0.2) is 64.4 Å². The van der Waals surface area contributed by atoms with E-state index in [1.807, 2.05) is 24.3 Å². The van der Waals surface area contributed by atoms with E-state index in [1.165, 1.54) is 12.1 Å². The fourth-order valence-electron chi connectivity index (χ4n) is 2.62. The van der Waals surface area contributed by atoms with Crippen molar-refractivity contribution in [1.82, 2.24) is 15.2 Å². The molecule has 2 aromatic heterocycles. The molecule has 1 atom stereocenters. The number of rotatable bonds is 5. The number of fused-ring (bicyclic) bond motifs is 1. The van der Waals surface area contributed by atoms with Gasteiger partial charge in [-0.05, 0) is 25.1 Å². The van der Waals surface area contributed by atoms with Gasteiger partial charge in [0.05, 0.1) is 16.5 Å². The third-order valence-electron chi connectivity index (χ3n) is 4.00. The van der Waals surface area contributed by atoms with Gasteiger partial charge in [-0.3, -0.25) is 4.79 Å². The number of aromatic amines is 1. The number of benzene rings is 2. The summed E-state index contributed by atoms with van der Waals surface area (Å²) in [5.41, 5.74) is 1.91. The van der Waals surface area contributed by atoms with Crippen molar-refractivity contribution in [3.05, 3.63) is 60.5 Å². The van der Waals surface area contributed by atoms with Gasteiger partial charge in [-0.1, -0.05) is 42.1 Å². The lowest BCUT2D eigenvalue weighted by Crippen LogP contribution is -2.22. The van der Waals surface area contributed by atoms with Crippen molar-refractivity contribution in [2.45, 2.75) is 17.4 Å². The van der Waals surface area contributed by atoms with Gasteiger partial charge < -0.3 is 14.7 Å². The van der Waals surface area contributed by atoms with Crippen LogP contribution in [0.3, 0.4) is 0 Å². The number of nitrogens with one attached hydrogen (secondary N) is 2. The number of hydrogen-bond acceptors (Lipinski definition) is 5. The van der Waals surface area contributed by atoms with Crippen molar-refractivity contribution in [2.75, 3.05) is 5.32 Å². The first-order valence-corrected chi connectivity index (χ1v) is 9.12. The number of H-pyrrole nitrogens is 1. The normalized spacial score (nSPS) is 12.2. The zero-order chi connectivity index (χ0) is 18.8. The first kappa shape index (κ1) is 17.3. The van der Waals surface area contributed by atoms with Crippen molar-refractivity contribution in [1.29, 1.82) is 0 Å². The second-order valence-electron chi connectivity index (χ2n) is 5.85. The molecule has 1 unspecified atom stereocenters. The molecular weight excluding hydrogens is 367 g/mol. The summed E-state index contributed by atoms with van der Waals surface area (Å²) in [5.74, 6) is -0.462. The van der Waals surface area contributed by atoms with Crippen LogP contribution in [-0.2, 0) is 4.79 Å². The molecule has 1 amide bonds. The molecule has 0 saturated heterocycles. The minimum Gasteiger partial charge on any atom is -0.411 e. The highest BCUT2D eigenvalue weighted by atomic mass is 32.2. The van der Waals surface area contributed by atoms with Gasteiger partial charge in [-0.2, -0.15) is 0 Å². The summed E-state index contributed by atoms with van der Waals surface area (Å²) in [7, 11) is 0. The molecule has 2 N–H and O–H groups in total. The van der Waals surface area contributed by atoms with Crippen molar-refractivity contribution >= 4 is 34.3 Å². The van der Waals surface area contributed by atoms with E-state index in [0.717, 1.165) is 28.2 Å². The van der Waals surface area contributed by atoms with E-state index in [2.05, 4.69) is 20.5 Å². The number of anilines is 1. The Morgan fingerprint density at radius 1 is 1.19 bits per heavy atom. The molecule has 0 saturated carbocycles. The van der Waals surface area contributed by atoms with E-state index in [1.54, 1.807) is 25.3 Å². The van der Waals surface area contributed by atoms with E-state index in [-0.39, 0.29) is 16.8 Å². The molecule has 0 aliphatic heterocycles. The molecule has 6 nitrogen and oxygen atoms in total. The third kappa shape index (κ3) is 3.56. The largest absolute Gasteiger partial charge is 0.411 e. The predicted octanol–water partition coefficient (Wildman–Crippen LogP) is 4.48. The maximum atomic E-state index is 13.7. The quantitative estimate of drug-likeness (QED) is 0.497. The monoisotopic (exact) mass is 382 g/mol. The zero-order valence-corrected chi connectivity index (χ0v) is 15.1. The van der Waals surface area contributed by atoms with Crippen LogP contribution >= 0.6 is 11.8 Å². The molecule has 0 radical (unpaired) electrons. The first-order chi connectivity index (χ1) is 13.1. The predicted molar refractivity (Wildman–Crippen MR) is 102 cm³/mol. The lowest BCUT2D eigenvalue weighted by molar-refractivity contribution is -0.115. The third-order valence-corrected chi connectivity index (χ3v) is 4.94. The first-order valence-electron chi connectivity index (χ1n) is 8.24. The van der Waals surface area contributed by atoms with Gasteiger partial charge in [0.15, 0.2) is 0 Å². The SMILES string of the molecule is CC(Sc1nnc(-c2c[nH]c3ccccc23)o1)C(=O)Nc1ccccc1F. The highest BCUT2D eigenvalue weighted by Crippen LogP contribution is 2.31. The Kier molecular flexibility index (Phi) is 4.64. The van der Waals surface area contributed by atoms with Crippen LogP contribution in [0.1, 0.15) is 6.92 Å². The summed E-state index contributed by atoms with van der Waals surface area (Å²) in [4.78, 5) is 15.4. The van der Waals surface area contributed by atoms with Gasteiger partial charge in [0.25, 0.3) is 11.1 Å². The summed E-state index contributed by atoms with van der Waals surface area (Å²) in [6, 6.07) is 13.8. The van der Waals surface area contributed by atoms with Crippen LogP contribution in [0.2, 0.25) is 0 Å². The Labute approximate surface area is 158 Å². The minimum atomic E-state index is -0.541. The second-order valence-corrected chi connectivity index (χ2v) is 7.14. The number of carbonyl (C=O) groups excluding carboxylic acids is 1. The number of aromatic nitrogens is 3. The molecule has 8 heteroatoms. The molecule has 0 fully saturated rings.